The van der Waals surface area contributed by atoms with Crippen molar-refractivity contribution in [3.63, 3.8) is 0 Å². The SMILES string of the molecule is Cn1cccc1C1CCCCCN1C(=O)C1CCNC1. The number of hydrogen-bond donors (Lipinski definition) is 1. The fourth-order valence-electron chi connectivity index (χ4n) is 3.60. The maximum absolute atomic E-state index is 12.8. The molecule has 2 aliphatic rings. The summed E-state index contributed by atoms with van der Waals surface area (Å²) in [5, 5.41) is 3.32. The molecule has 2 unspecified atom stereocenters. The van der Waals surface area contributed by atoms with Gasteiger partial charge in [0.25, 0.3) is 0 Å². The molecule has 3 heterocycles. The molecule has 0 aromatic carbocycles. The zero-order valence-corrected chi connectivity index (χ0v) is 12.3. The number of aromatic nitrogens is 1. The Hall–Kier alpha value is -1.29. The molecule has 0 saturated carbocycles. The monoisotopic (exact) mass is 275 g/mol. The van der Waals surface area contributed by atoms with Crippen LogP contribution in [-0.2, 0) is 11.8 Å². The molecular weight excluding hydrogens is 250 g/mol. The number of hydrogen-bond acceptors (Lipinski definition) is 2. The lowest BCUT2D eigenvalue weighted by Crippen LogP contribution is -2.40. The summed E-state index contributed by atoms with van der Waals surface area (Å²) < 4.78 is 2.17. The van der Waals surface area contributed by atoms with Crippen LogP contribution in [0.4, 0.5) is 0 Å². The number of carbonyl (C=O) groups is 1. The fraction of sp³-hybridized carbons (Fsp3) is 0.688. The van der Waals surface area contributed by atoms with Crippen LogP contribution >= 0.6 is 0 Å². The molecule has 20 heavy (non-hydrogen) atoms. The van der Waals surface area contributed by atoms with Crippen molar-refractivity contribution < 1.29 is 4.79 Å². The van der Waals surface area contributed by atoms with Gasteiger partial charge in [-0.3, -0.25) is 4.79 Å². The average Bonchev–Trinajstić information content (AvgIpc) is 3.05. The van der Waals surface area contributed by atoms with Gasteiger partial charge in [-0.25, -0.2) is 0 Å². The van der Waals surface area contributed by atoms with Gasteiger partial charge in [0.2, 0.25) is 5.91 Å². The maximum Gasteiger partial charge on any atom is 0.227 e. The predicted molar refractivity (Wildman–Crippen MR) is 79.3 cm³/mol. The Morgan fingerprint density at radius 2 is 2.20 bits per heavy atom. The lowest BCUT2D eigenvalue weighted by Gasteiger charge is -2.32. The van der Waals surface area contributed by atoms with Gasteiger partial charge in [0.05, 0.1) is 12.0 Å². The Bertz CT molecular complexity index is 462. The van der Waals surface area contributed by atoms with Crippen LogP contribution in [0.5, 0.6) is 0 Å². The number of likely N-dealkylation sites (tertiary alicyclic amines) is 1. The zero-order valence-electron chi connectivity index (χ0n) is 12.3. The summed E-state index contributed by atoms with van der Waals surface area (Å²) in [5.41, 5.74) is 1.28. The Labute approximate surface area is 121 Å². The summed E-state index contributed by atoms with van der Waals surface area (Å²) in [6.07, 6.45) is 7.79. The quantitative estimate of drug-likeness (QED) is 0.897. The number of amides is 1. The molecule has 2 atom stereocenters. The van der Waals surface area contributed by atoms with Gasteiger partial charge in [-0.2, -0.15) is 0 Å². The smallest absolute Gasteiger partial charge is 0.227 e. The van der Waals surface area contributed by atoms with E-state index in [-0.39, 0.29) is 12.0 Å². The Kier molecular flexibility index (Phi) is 4.10. The van der Waals surface area contributed by atoms with Crippen molar-refractivity contribution in [1.29, 1.82) is 0 Å². The third kappa shape index (κ3) is 2.62. The van der Waals surface area contributed by atoms with E-state index in [4.69, 9.17) is 0 Å². The highest BCUT2D eigenvalue weighted by molar-refractivity contribution is 5.80. The minimum atomic E-state index is 0.191. The summed E-state index contributed by atoms with van der Waals surface area (Å²) in [7, 11) is 2.08. The number of carbonyl (C=O) groups excluding carboxylic acids is 1. The predicted octanol–water partition coefficient (Wildman–Crippen LogP) is 2.08. The first-order valence-electron chi connectivity index (χ1n) is 7.90. The van der Waals surface area contributed by atoms with Crippen LogP contribution in [0.25, 0.3) is 0 Å². The van der Waals surface area contributed by atoms with Crippen molar-refractivity contribution >= 4 is 5.91 Å². The molecule has 3 rings (SSSR count). The second-order valence-corrected chi connectivity index (χ2v) is 6.13. The van der Waals surface area contributed by atoms with Crippen molar-refractivity contribution in [2.75, 3.05) is 19.6 Å². The molecular formula is C16H25N3O. The Balaban J connectivity index is 1.84. The molecule has 0 aliphatic carbocycles. The van der Waals surface area contributed by atoms with E-state index in [2.05, 4.69) is 40.2 Å². The molecule has 1 aromatic rings. The first-order valence-corrected chi connectivity index (χ1v) is 7.90. The van der Waals surface area contributed by atoms with Crippen molar-refractivity contribution in [2.24, 2.45) is 13.0 Å². The number of nitrogens with zero attached hydrogens (tertiary/aromatic N) is 2. The molecule has 1 aromatic heterocycles. The van der Waals surface area contributed by atoms with E-state index in [9.17, 15) is 4.79 Å². The van der Waals surface area contributed by atoms with E-state index in [0.717, 1.165) is 38.9 Å². The molecule has 0 bridgehead atoms. The molecule has 1 amide bonds. The molecule has 0 spiro atoms. The summed E-state index contributed by atoms with van der Waals surface area (Å²) in [4.78, 5) is 15.0. The molecule has 4 nitrogen and oxygen atoms in total. The van der Waals surface area contributed by atoms with E-state index in [1.54, 1.807) is 0 Å². The van der Waals surface area contributed by atoms with Crippen LogP contribution in [0, 0.1) is 5.92 Å². The largest absolute Gasteiger partial charge is 0.353 e. The third-order valence-corrected chi connectivity index (χ3v) is 4.77. The highest BCUT2D eigenvalue weighted by Crippen LogP contribution is 2.32. The zero-order chi connectivity index (χ0) is 13.9. The van der Waals surface area contributed by atoms with Crippen LogP contribution < -0.4 is 5.32 Å². The second kappa shape index (κ2) is 6.00. The van der Waals surface area contributed by atoms with Gasteiger partial charge in [-0.1, -0.05) is 12.8 Å². The van der Waals surface area contributed by atoms with Crippen molar-refractivity contribution in [1.82, 2.24) is 14.8 Å². The molecule has 2 fully saturated rings. The summed E-state index contributed by atoms with van der Waals surface area (Å²) >= 11 is 0. The first kappa shape index (κ1) is 13.7. The van der Waals surface area contributed by atoms with Crippen molar-refractivity contribution in [3.8, 4) is 0 Å². The summed E-state index contributed by atoms with van der Waals surface area (Å²) in [6, 6.07) is 4.52. The van der Waals surface area contributed by atoms with E-state index in [1.807, 2.05) is 0 Å². The first-order chi connectivity index (χ1) is 9.77. The Morgan fingerprint density at radius 1 is 1.30 bits per heavy atom. The molecule has 0 radical (unpaired) electrons. The van der Waals surface area contributed by atoms with E-state index in [1.165, 1.54) is 18.5 Å². The van der Waals surface area contributed by atoms with E-state index >= 15 is 0 Å². The van der Waals surface area contributed by atoms with Gasteiger partial charge < -0.3 is 14.8 Å². The van der Waals surface area contributed by atoms with E-state index < -0.39 is 0 Å². The van der Waals surface area contributed by atoms with Crippen LogP contribution in [-0.4, -0.2) is 35.0 Å². The highest BCUT2D eigenvalue weighted by Gasteiger charge is 2.33. The third-order valence-electron chi connectivity index (χ3n) is 4.77. The number of nitrogens with one attached hydrogen (secondary N) is 1. The maximum atomic E-state index is 12.8. The van der Waals surface area contributed by atoms with Gasteiger partial charge in [0, 0.05) is 32.0 Å². The lowest BCUT2D eigenvalue weighted by molar-refractivity contribution is -0.137. The molecule has 4 heteroatoms. The minimum Gasteiger partial charge on any atom is -0.353 e. The average molecular weight is 275 g/mol. The van der Waals surface area contributed by atoms with E-state index in [0.29, 0.717) is 5.91 Å². The van der Waals surface area contributed by atoms with Gasteiger partial charge in [0.1, 0.15) is 0 Å². The lowest BCUT2D eigenvalue weighted by atomic mass is 10.0. The number of aryl methyl sites for hydroxylation is 1. The highest BCUT2D eigenvalue weighted by atomic mass is 16.2. The molecule has 110 valence electrons. The van der Waals surface area contributed by atoms with Crippen LogP contribution in [0.1, 0.15) is 43.8 Å². The van der Waals surface area contributed by atoms with Gasteiger partial charge in [-0.15, -0.1) is 0 Å². The van der Waals surface area contributed by atoms with Crippen LogP contribution in [0.3, 0.4) is 0 Å². The second-order valence-electron chi connectivity index (χ2n) is 6.13. The molecule has 2 saturated heterocycles. The summed E-state index contributed by atoms with van der Waals surface area (Å²) in [6.45, 7) is 2.76. The minimum absolute atomic E-state index is 0.191. The van der Waals surface area contributed by atoms with Gasteiger partial charge in [0.15, 0.2) is 0 Å². The van der Waals surface area contributed by atoms with Crippen LogP contribution in [0.15, 0.2) is 18.3 Å². The van der Waals surface area contributed by atoms with Crippen molar-refractivity contribution in [3.05, 3.63) is 24.0 Å². The normalized spacial score (nSPS) is 27.6. The topological polar surface area (TPSA) is 37.3 Å². The molecule has 2 aliphatic heterocycles. The van der Waals surface area contributed by atoms with Crippen molar-refractivity contribution in [2.45, 2.75) is 38.1 Å². The van der Waals surface area contributed by atoms with Crippen LogP contribution in [0.2, 0.25) is 0 Å². The van der Waals surface area contributed by atoms with Gasteiger partial charge in [-0.05, 0) is 37.9 Å². The van der Waals surface area contributed by atoms with Gasteiger partial charge >= 0.3 is 0 Å². The number of rotatable bonds is 2. The fourth-order valence-corrected chi connectivity index (χ4v) is 3.60. The summed E-state index contributed by atoms with van der Waals surface area (Å²) in [5.74, 6) is 0.555. The Morgan fingerprint density at radius 3 is 2.90 bits per heavy atom. The standard InChI is InChI=1S/C16H25N3O/c1-18-10-5-7-14(18)15-6-3-2-4-11-19(15)16(20)13-8-9-17-12-13/h5,7,10,13,15,17H,2-4,6,8-9,11-12H2,1H3. The molecule has 1 N–H and O–H groups in total.